The number of carboxylic acids is 1. The van der Waals surface area contributed by atoms with E-state index in [1.54, 1.807) is 6.92 Å². The molecule has 0 radical (unpaired) electrons. The Morgan fingerprint density at radius 3 is 2.37 bits per heavy atom. The average Bonchev–Trinajstić information content (AvgIpc) is 2.30. The third kappa shape index (κ3) is 3.23. The molecule has 0 aromatic rings. The SMILES string of the molecule is CC(C)C(=O)[C@]1([C@H](C)CC(=O)O)CC[C@H](C)C(=O)C1. The van der Waals surface area contributed by atoms with E-state index in [1.165, 1.54) is 0 Å². The lowest BCUT2D eigenvalue weighted by molar-refractivity contribution is -0.149. The third-order valence-corrected chi connectivity index (χ3v) is 4.50. The van der Waals surface area contributed by atoms with Crippen LogP contribution >= 0.6 is 0 Å². The van der Waals surface area contributed by atoms with Crippen LogP contribution in [0.3, 0.4) is 0 Å². The Labute approximate surface area is 114 Å². The summed E-state index contributed by atoms with van der Waals surface area (Å²) in [5, 5.41) is 8.97. The Bertz CT molecular complexity index is 386. The van der Waals surface area contributed by atoms with Crippen molar-refractivity contribution in [2.45, 2.75) is 53.4 Å². The van der Waals surface area contributed by atoms with Crippen LogP contribution in [0.1, 0.15) is 53.4 Å². The maximum absolute atomic E-state index is 12.5. The quantitative estimate of drug-likeness (QED) is 0.832. The molecule has 3 atom stereocenters. The summed E-state index contributed by atoms with van der Waals surface area (Å²) in [5.41, 5.74) is -0.768. The summed E-state index contributed by atoms with van der Waals surface area (Å²) in [4.78, 5) is 35.5. The van der Waals surface area contributed by atoms with Gasteiger partial charge in [-0.1, -0.05) is 27.7 Å². The Morgan fingerprint density at radius 1 is 1.37 bits per heavy atom. The summed E-state index contributed by atoms with van der Waals surface area (Å²) in [5.74, 6) is -1.24. The molecule has 1 N–H and O–H groups in total. The first-order valence-corrected chi connectivity index (χ1v) is 6.99. The molecule has 1 fully saturated rings. The number of rotatable bonds is 5. The second-order valence-electron chi connectivity index (χ2n) is 6.26. The van der Waals surface area contributed by atoms with Gasteiger partial charge in [-0.3, -0.25) is 14.4 Å². The van der Waals surface area contributed by atoms with Crippen LogP contribution in [-0.2, 0) is 14.4 Å². The van der Waals surface area contributed by atoms with Crippen molar-refractivity contribution >= 4 is 17.5 Å². The molecular weight excluding hydrogens is 244 g/mol. The summed E-state index contributed by atoms with van der Waals surface area (Å²) in [6.07, 6.45) is 1.46. The third-order valence-electron chi connectivity index (χ3n) is 4.50. The average molecular weight is 268 g/mol. The molecule has 0 aliphatic heterocycles. The molecule has 0 spiro atoms. The van der Waals surface area contributed by atoms with E-state index in [1.807, 2.05) is 20.8 Å². The van der Waals surface area contributed by atoms with E-state index in [0.717, 1.165) is 0 Å². The number of carbonyl (C=O) groups excluding carboxylic acids is 2. The van der Waals surface area contributed by atoms with Gasteiger partial charge in [0.1, 0.15) is 11.6 Å². The van der Waals surface area contributed by atoms with E-state index < -0.39 is 11.4 Å². The Hall–Kier alpha value is -1.19. The van der Waals surface area contributed by atoms with Crippen LogP contribution in [0, 0.1) is 23.2 Å². The molecule has 0 heterocycles. The molecule has 0 aromatic carbocycles. The summed E-state index contributed by atoms with van der Waals surface area (Å²) in [6.45, 7) is 7.31. The maximum atomic E-state index is 12.5. The number of aliphatic carboxylic acids is 1. The maximum Gasteiger partial charge on any atom is 0.303 e. The van der Waals surface area contributed by atoms with Crippen molar-refractivity contribution in [3.8, 4) is 0 Å². The van der Waals surface area contributed by atoms with Gasteiger partial charge in [0.05, 0.1) is 0 Å². The van der Waals surface area contributed by atoms with Gasteiger partial charge in [0, 0.05) is 30.1 Å². The Kier molecular flexibility index (Phi) is 4.88. The van der Waals surface area contributed by atoms with E-state index >= 15 is 0 Å². The van der Waals surface area contributed by atoms with Crippen molar-refractivity contribution in [2.75, 3.05) is 0 Å². The van der Waals surface area contributed by atoms with Gasteiger partial charge in [-0.15, -0.1) is 0 Å². The highest BCUT2D eigenvalue weighted by molar-refractivity contribution is 5.94. The molecule has 0 bridgehead atoms. The smallest absolute Gasteiger partial charge is 0.303 e. The lowest BCUT2D eigenvalue weighted by Gasteiger charge is -2.42. The number of carboxylic acid groups (broad SMARTS) is 1. The molecule has 19 heavy (non-hydrogen) atoms. The van der Waals surface area contributed by atoms with Gasteiger partial charge in [0.2, 0.25) is 0 Å². The second-order valence-corrected chi connectivity index (χ2v) is 6.26. The fraction of sp³-hybridized carbons (Fsp3) is 0.800. The van der Waals surface area contributed by atoms with Crippen LogP contribution in [0.2, 0.25) is 0 Å². The molecular formula is C15H24O4. The van der Waals surface area contributed by atoms with Crippen molar-refractivity contribution in [3.05, 3.63) is 0 Å². The lowest BCUT2D eigenvalue weighted by Crippen LogP contribution is -2.46. The normalized spacial score (nSPS) is 29.3. The highest BCUT2D eigenvalue weighted by Gasteiger charge is 2.48. The first-order valence-electron chi connectivity index (χ1n) is 6.99. The first-order chi connectivity index (χ1) is 8.70. The van der Waals surface area contributed by atoms with Crippen LogP contribution in [0.25, 0.3) is 0 Å². The van der Waals surface area contributed by atoms with Crippen LogP contribution in [0.5, 0.6) is 0 Å². The standard InChI is InChI=1S/C15H24O4/c1-9(2)14(19)15(11(4)7-13(17)18)6-5-10(3)12(16)8-15/h9-11H,5-8H2,1-4H3,(H,17,18)/t10-,11+,15+/m0/s1. The summed E-state index contributed by atoms with van der Waals surface area (Å²) < 4.78 is 0. The number of hydrogen-bond acceptors (Lipinski definition) is 3. The Balaban J connectivity index is 3.07. The van der Waals surface area contributed by atoms with Gasteiger partial charge in [-0.25, -0.2) is 0 Å². The fourth-order valence-corrected chi connectivity index (χ4v) is 3.11. The van der Waals surface area contributed by atoms with Gasteiger partial charge >= 0.3 is 5.97 Å². The van der Waals surface area contributed by atoms with Crippen LogP contribution in [-0.4, -0.2) is 22.6 Å². The highest BCUT2D eigenvalue weighted by Crippen LogP contribution is 2.46. The van der Waals surface area contributed by atoms with Crippen molar-refractivity contribution in [1.29, 1.82) is 0 Å². The molecule has 4 heteroatoms. The van der Waals surface area contributed by atoms with E-state index in [-0.39, 0.29) is 42.2 Å². The van der Waals surface area contributed by atoms with Crippen molar-refractivity contribution in [2.24, 2.45) is 23.2 Å². The van der Waals surface area contributed by atoms with Crippen molar-refractivity contribution in [1.82, 2.24) is 0 Å². The summed E-state index contributed by atoms with van der Waals surface area (Å²) in [7, 11) is 0. The molecule has 0 aromatic heterocycles. The minimum absolute atomic E-state index is 0.00915. The number of hydrogen-bond donors (Lipinski definition) is 1. The largest absolute Gasteiger partial charge is 0.481 e. The first kappa shape index (κ1) is 15.9. The van der Waals surface area contributed by atoms with Crippen molar-refractivity contribution in [3.63, 3.8) is 0 Å². The monoisotopic (exact) mass is 268 g/mol. The van der Waals surface area contributed by atoms with Gasteiger partial charge in [-0.2, -0.15) is 0 Å². The fourth-order valence-electron chi connectivity index (χ4n) is 3.11. The van der Waals surface area contributed by atoms with Crippen molar-refractivity contribution < 1.29 is 19.5 Å². The molecule has 1 aliphatic carbocycles. The number of carbonyl (C=O) groups is 3. The molecule has 108 valence electrons. The minimum Gasteiger partial charge on any atom is -0.481 e. The lowest BCUT2D eigenvalue weighted by atomic mass is 9.59. The molecule has 1 rings (SSSR count). The summed E-state index contributed by atoms with van der Waals surface area (Å²) >= 11 is 0. The van der Waals surface area contributed by atoms with Crippen LogP contribution < -0.4 is 0 Å². The molecule has 1 aliphatic rings. The van der Waals surface area contributed by atoms with E-state index in [4.69, 9.17) is 5.11 Å². The molecule has 1 saturated carbocycles. The Morgan fingerprint density at radius 2 is 1.95 bits per heavy atom. The van der Waals surface area contributed by atoms with Crippen LogP contribution in [0.15, 0.2) is 0 Å². The molecule has 0 amide bonds. The van der Waals surface area contributed by atoms with Gasteiger partial charge in [0.25, 0.3) is 0 Å². The molecule has 0 saturated heterocycles. The zero-order chi connectivity index (χ0) is 14.8. The van der Waals surface area contributed by atoms with E-state index in [9.17, 15) is 14.4 Å². The minimum atomic E-state index is -0.908. The topological polar surface area (TPSA) is 71.4 Å². The zero-order valence-electron chi connectivity index (χ0n) is 12.2. The second kappa shape index (κ2) is 5.85. The molecule has 0 unspecified atom stereocenters. The zero-order valence-corrected chi connectivity index (χ0v) is 12.2. The van der Waals surface area contributed by atoms with E-state index in [0.29, 0.717) is 12.8 Å². The van der Waals surface area contributed by atoms with Crippen LogP contribution in [0.4, 0.5) is 0 Å². The molecule has 4 nitrogen and oxygen atoms in total. The van der Waals surface area contributed by atoms with E-state index in [2.05, 4.69) is 0 Å². The summed E-state index contributed by atoms with van der Waals surface area (Å²) in [6, 6.07) is 0. The predicted molar refractivity (Wildman–Crippen MR) is 71.7 cm³/mol. The van der Waals surface area contributed by atoms with Gasteiger partial charge in [0.15, 0.2) is 0 Å². The predicted octanol–water partition coefficient (Wildman–Crippen LogP) is 2.70. The number of ketones is 2. The van der Waals surface area contributed by atoms with Gasteiger partial charge in [-0.05, 0) is 18.8 Å². The number of Topliss-reactive ketones (excluding diaryl/α,β-unsaturated/α-hetero) is 2. The van der Waals surface area contributed by atoms with Gasteiger partial charge < -0.3 is 5.11 Å². The highest BCUT2D eigenvalue weighted by atomic mass is 16.4.